The Morgan fingerprint density at radius 3 is 2.59 bits per heavy atom. The predicted octanol–water partition coefficient (Wildman–Crippen LogP) is 2.80. The Bertz CT molecular complexity index is 820. The van der Waals surface area contributed by atoms with Gasteiger partial charge in [0.05, 0.1) is 0 Å². The van der Waals surface area contributed by atoms with Gasteiger partial charge < -0.3 is 20.9 Å². The van der Waals surface area contributed by atoms with Crippen LogP contribution < -0.4 is 15.8 Å². The summed E-state index contributed by atoms with van der Waals surface area (Å²) in [6.07, 6.45) is 2.48. The molecule has 0 aliphatic carbocycles. The Morgan fingerprint density at radius 1 is 1.22 bits per heavy atom. The van der Waals surface area contributed by atoms with Gasteiger partial charge in [0.15, 0.2) is 18.1 Å². The van der Waals surface area contributed by atoms with Crippen molar-refractivity contribution in [2.24, 2.45) is 5.73 Å². The molecule has 0 atom stereocenters. The summed E-state index contributed by atoms with van der Waals surface area (Å²) >= 11 is 1.73. The number of aromatic hydroxyl groups is 1. The van der Waals surface area contributed by atoms with Crippen molar-refractivity contribution < 1.29 is 14.6 Å². The molecule has 1 fully saturated rings. The lowest BCUT2D eigenvalue weighted by Gasteiger charge is -2.13. The van der Waals surface area contributed by atoms with E-state index in [1.54, 1.807) is 11.9 Å². The van der Waals surface area contributed by atoms with Crippen LogP contribution in [0.3, 0.4) is 0 Å². The molecule has 2 aromatic carbocycles. The molecule has 27 heavy (non-hydrogen) atoms. The number of carbonyl (C=O) groups excluding carboxylic acids is 1. The summed E-state index contributed by atoms with van der Waals surface area (Å²) in [7, 11) is 0. The zero-order chi connectivity index (χ0) is 19.2. The third-order valence-corrected chi connectivity index (χ3v) is 5.17. The average molecular weight is 386 g/mol. The maximum atomic E-state index is 12.1. The van der Waals surface area contributed by atoms with Gasteiger partial charge in [-0.3, -0.25) is 10.2 Å². The summed E-state index contributed by atoms with van der Waals surface area (Å²) in [4.78, 5) is 13.2. The topological polar surface area (TPSA) is 112 Å². The molecule has 2 aromatic rings. The molecule has 142 valence electrons. The van der Waals surface area contributed by atoms with E-state index in [-0.39, 0.29) is 29.8 Å². The molecule has 3 rings (SSSR count). The molecule has 1 saturated heterocycles. The normalized spacial score (nSPS) is 14.1. The van der Waals surface area contributed by atoms with E-state index in [2.05, 4.69) is 9.62 Å². The van der Waals surface area contributed by atoms with Crippen LogP contribution in [0.15, 0.2) is 47.4 Å². The largest absolute Gasteiger partial charge is 0.504 e. The van der Waals surface area contributed by atoms with E-state index < -0.39 is 0 Å². The van der Waals surface area contributed by atoms with Gasteiger partial charge in [-0.25, -0.2) is 4.31 Å². The van der Waals surface area contributed by atoms with Crippen molar-refractivity contribution in [1.82, 2.24) is 4.31 Å². The molecule has 1 aliphatic heterocycles. The van der Waals surface area contributed by atoms with Crippen molar-refractivity contribution in [1.29, 1.82) is 5.41 Å². The van der Waals surface area contributed by atoms with E-state index in [0.29, 0.717) is 11.3 Å². The number of ether oxygens (including phenoxy) is 1. The molecule has 8 heteroatoms. The van der Waals surface area contributed by atoms with Gasteiger partial charge in [-0.05, 0) is 67.3 Å². The lowest BCUT2D eigenvalue weighted by molar-refractivity contribution is -0.118. The molecule has 0 radical (unpaired) electrons. The van der Waals surface area contributed by atoms with E-state index in [1.165, 1.54) is 31.0 Å². The predicted molar refractivity (Wildman–Crippen MR) is 106 cm³/mol. The van der Waals surface area contributed by atoms with Crippen LogP contribution in [0, 0.1) is 5.41 Å². The fourth-order valence-electron chi connectivity index (χ4n) is 2.67. The highest BCUT2D eigenvalue weighted by Gasteiger charge is 2.13. The van der Waals surface area contributed by atoms with E-state index in [4.69, 9.17) is 15.9 Å². The molecule has 5 N–H and O–H groups in total. The van der Waals surface area contributed by atoms with Gasteiger partial charge in [-0.1, -0.05) is 0 Å². The number of rotatable bonds is 7. The zero-order valence-electron chi connectivity index (χ0n) is 14.8. The second kappa shape index (κ2) is 8.79. The first-order chi connectivity index (χ1) is 13.0. The second-order valence-electron chi connectivity index (χ2n) is 6.18. The van der Waals surface area contributed by atoms with Crippen LogP contribution in [0.25, 0.3) is 0 Å². The summed E-state index contributed by atoms with van der Waals surface area (Å²) in [5.41, 5.74) is 6.50. The number of nitrogens with one attached hydrogen (secondary N) is 2. The highest BCUT2D eigenvalue weighted by molar-refractivity contribution is 7.97. The van der Waals surface area contributed by atoms with Crippen LogP contribution in [0.2, 0.25) is 0 Å². The number of nitrogen functional groups attached to an aromatic ring is 1. The smallest absolute Gasteiger partial charge is 0.262 e. The Balaban J connectivity index is 1.52. The van der Waals surface area contributed by atoms with Gasteiger partial charge in [0.25, 0.3) is 5.91 Å². The molecule has 0 unspecified atom stereocenters. The summed E-state index contributed by atoms with van der Waals surface area (Å²) in [5, 5.41) is 20.0. The van der Waals surface area contributed by atoms with Crippen LogP contribution in [-0.4, -0.2) is 40.9 Å². The number of nitrogens with zero attached hydrogens (tertiary/aromatic N) is 1. The van der Waals surface area contributed by atoms with Crippen molar-refractivity contribution in [3.8, 4) is 11.5 Å². The summed E-state index contributed by atoms with van der Waals surface area (Å²) in [5.74, 6) is -0.495. The van der Waals surface area contributed by atoms with Crippen molar-refractivity contribution in [3.05, 3.63) is 48.0 Å². The first-order valence-corrected chi connectivity index (χ1v) is 9.41. The van der Waals surface area contributed by atoms with Gasteiger partial charge in [0.2, 0.25) is 0 Å². The molecule has 0 bridgehead atoms. The van der Waals surface area contributed by atoms with Crippen molar-refractivity contribution >= 4 is 29.4 Å². The number of amides is 1. The first kappa shape index (κ1) is 19.1. The highest BCUT2D eigenvalue weighted by atomic mass is 32.2. The van der Waals surface area contributed by atoms with Gasteiger partial charge in [-0.2, -0.15) is 0 Å². The third-order valence-electron chi connectivity index (χ3n) is 4.07. The number of nitrogens with two attached hydrogens (primary N) is 1. The van der Waals surface area contributed by atoms with Crippen molar-refractivity contribution in [2.75, 3.05) is 25.0 Å². The Morgan fingerprint density at radius 2 is 1.93 bits per heavy atom. The molecule has 0 spiro atoms. The standard InChI is InChI=1S/C19H22N4O3S/c20-19(21)13-3-8-16(24)17(11-13)26-12-18(25)22-14-4-6-15(7-5-14)27-23-9-1-2-10-23/h3-8,11,24H,1-2,9-10,12H2,(H3,20,21)(H,22,25). The molecule has 0 aromatic heterocycles. The van der Waals surface area contributed by atoms with Crippen LogP contribution in [0.5, 0.6) is 11.5 Å². The number of hydrogen-bond acceptors (Lipinski definition) is 6. The molecule has 1 aliphatic rings. The van der Waals surface area contributed by atoms with Crippen molar-refractivity contribution in [2.45, 2.75) is 17.7 Å². The second-order valence-corrected chi connectivity index (χ2v) is 7.36. The van der Waals surface area contributed by atoms with Crippen LogP contribution in [0.1, 0.15) is 18.4 Å². The van der Waals surface area contributed by atoms with E-state index >= 15 is 0 Å². The van der Waals surface area contributed by atoms with E-state index in [9.17, 15) is 9.90 Å². The Kier molecular flexibility index (Phi) is 6.20. The fraction of sp³-hybridized carbons (Fsp3) is 0.263. The van der Waals surface area contributed by atoms with E-state index in [0.717, 1.165) is 18.0 Å². The molecule has 1 heterocycles. The Hall–Kier alpha value is -2.71. The highest BCUT2D eigenvalue weighted by Crippen LogP contribution is 2.28. The van der Waals surface area contributed by atoms with Gasteiger partial charge in [0, 0.05) is 29.2 Å². The molecule has 7 nitrogen and oxygen atoms in total. The molecule has 0 saturated carbocycles. The average Bonchev–Trinajstić information content (AvgIpc) is 3.15. The number of amidine groups is 1. The minimum atomic E-state index is -0.345. The molecule has 1 amide bonds. The summed E-state index contributed by atoms with van der Waals surface area (Å²) in [6, 6.07) is 12.0. The number of anilines is 1. The van der Waals surface area contributed by atoms with Gasteiger partial charge in [-0.15, -0.1) is 0 Å². The first-order valence-electron chi connectivity index (χ1n) is 8.64. The third kappa shape index (κ3) is 5.38. The maximum Gasteiger partial charge on any atom is 0.262 e. The van der Waals surface area contributed by atoms with Crippen LogP contribution in [-0.2, 0) is 4.79 Å². The van der Waals surface area contributed by atoms with Gasteiger partial charge in [0.1, 0.15) is 5.84 Å². The zero-order valence-corrected chi connectivity index (χ0v) is 15.6. The van der Waals surface area contributed by atoms with E-state index in [1.807, 2.05) is 24.3 Å². The Labute approximate surface area is 162 Å². The van der Waals surface area contributed by atoms with Crippen molar-refractivity contribution in [3.63, 3.8) is 0 Å². The number of benzene rings is 2. The quantitative estimate of drug-likeness (QED) is 0.331. The fourth-order valence-corrected chi connectivity index (χ4v) is 3.66. The maximum absolute atomic E-state index is 12.1. The molecular formula is C19H22N4O3S. The summed E-state index contributed by atoms with van der Waals surface area (Å²) < 4.78 is 7.69. The molecular weight excluding hydrogens is 364 g/mol. The lowest BCUT2D eigenvalue weighted by Crippen LogP contribution is -2.20. The summed E-state index contributed by atoms with van der Waals surface area (Å²) in [6.45, 7) is 1.95. The van der Waals surface area contributed by atoms with Crippen LogP contribution in [0.4, 0.5) is 5.69 Å². The number of phenols is 1. The monoisotopic (exact) mass is 386 g/mol. The number of phenolic OH excluding ortho intramolecular Hbond substituents is 1. The minimum Gasteiger partial charge on any atom is -0.504 e. The van der Waals surface area contributed by atoms with Crippen LogP contribution >= 0.6 is 11.9 Å². The minimum absolute atomic E-state index is 0.107. The number of hydrogen-bond donors (Lipinski definition) is 4. The van der Waals surface area contributed by atoms with Gasteiger partial charge >= 0.3 is 0 Å². The SMILES string of the molecule is N=C(N)c1ccc(O)c(OCC(=O)Nc2ccc(SN3CCCC3)cc2)c1. The lowest BCUT2D eigenvalue weighted by atomic mass is 10.2. The number of carbonyl (C=O) groups is 1.